The molecule has 0 heterocycles. The lowest BCUT2D eigenvalue weighted by atomic mass is 9.80. The molecule has 2 rings (SSSR count). The van der Waals surface area contributed by atoms with Gasteiger partial charge in [0, 0.05) is 16.7 Å². The van der Waals surface area contributed by atoms with Crippen LogP contribution in [0.4, 0.5) is 5.69 Å². The summed E-state index contributed by atoms with van der Waals surface area (Å²) < 4.78 is 27.6. The summed E-state index contributed by atoms with van der Waals surface area (Å²) in [7, 11) is -3.65. The maximum absolute atomic E-state index is 12.3. The molecule has 1 aromatic rings. The molecule has 0 aliphatic heterocycles. The van der Waals surface area contributed by atoms with Crippen molar-refractivity contribution in [2.45, 2.75) is 43.1 Å². The zero-order valence-corrected chi connectivity index (χ0v) is 14.4. The van der Waals surface area contributed by atoms with Gasteiger partial charge in [-0.15, -0.1) is 0 Å². The fourth-order valence-electron chi connectivity index (χ4n) is 2.46. The Balaban J connectivity index is 2.06. The minimum atomic E-state index is -3.65. The summed E-state index contributed by atoms with van der Waals surface area (Å²) in [5, 5.41) is 10.4. The van der Waals surface area contributed by atoms with Crippen LogP contribution >= 0.6 is 15.9 Å². The molecule has 1 fully saturated rings. The largest absolute Gasteiger partial charge is 0.398 e. The summed E-state index contributed by atoms with van der Waals surface area (Å²) >= 11 is 3.22. The number of rotatable bonds is 4. The third-order valence-electron chi connectivity index (χ3n) is 4.08. The SMILES string of the molecule is CC1CCC(O)(CNS(=O)(=O)c2ccc(N)c(Br)c2)CC1. The predicted molar refractivity (Wildman–Crippen MR) is 86.3 cm³/mol. The molecule has 0 bridgehead atoms. The van der Waals surface area contributed by atoms with Crippen molar-refractivity contribution < 1.29 is 13.5 Å². The van der Waals surface area contributed by atoms with E-state index in [0.29, 0.717) is 28.9 Å². The molecule has 1 saturated carbocycles. The van der Waals surface area contributed by atoms with Gasteiger partial charge in [0.15, 0.2) is 0 Å². The molecule has 0 saturated heterocycles. The van der Waals surface area contributed by atoms with Gasteiger partial charge in [0.25, 0.3) is 0 Å². The second kappa shape index (κ2) is 6.24. The first-order valence-electron chi connectivity index (χ1n) is 6.99. The van der Waals surface area contributed by atoms with Crippen molar-refractivity contribution in [1.82, 2.24) is 4.72 Å². The van der Waals surface area contributed by atoms with Gasteiger partial charge in [-0.1, -0.05) is 6.92 Å². The number of sulfonamides is 1. The molecular formula is C14H21BrN2O3S. The lowest BCUT2D eigenvalue weighted by molar-refractivity contribution is -0.00182. The average molecular weight is 377 g/mol. The smallest absolute Gasteiger partial charge is 0.240 e. The summed E-state index contributed by atoms with van der Waals surface area (Å²) in [6, 6.07) is 4.45. The molecule has 4 N–H and O–H groups in total. The van der Waals surface area contributed by atoms with Crippen LogP contribution in [0.3, 0.4) is 0 Å². The van der Waals surface area contributed by atoms with Crippen LogP contribution in [-0.4, -0.2) is 25.7 Å². The van der Waals surface area contributed by atoms with Gasteiger partial charge in [-0.25, -0.2) is 13.1 Å². The van der Waals surface area contributed by atoms with Crippen LogP contribution in [0.5, 0.6) is 0 Å². The molecule has 0 atom stereocenters. The number of aliphatic hydroxyl groups is 1. The Bertz CT molecular complexity index is 611. The van der Waals surface area contributed by atoms with Crippen LogP contribution in [0.2, 0.25) is 0 Å². The van der Waals surface area contributed by atoms with E-state index >= 15 is 0 Å². The molecule has 0 radical (unpaired) electrons. The minimum Gasteiger partial charge on any atom is -0.398 e. The number of nitrogens with two attached hydrogens (primary N) is 1. The Morgan fingerprint density at radius 3 is 2.62 bits per heavy atom. The Morgan fingerprint density at radius 2 is 2.05 bits per heavy atom. The number of nitrogens with one attached hydrogen (secondary N) is 1. The molecule has 1 aliphatic carbocycles. The van der Waals surface area contributed by atoms with Crippen molar-refractivity contribution in [2.24, 2.45) is 5.92 Å². The first-order chi connectivity index (χ1) is 9.72. The highest BCUT2D eigenvalue weighted by Gasteiger charge is 2.33. The zero-order valence-electron chi connectivity index (χ0n) is 12.0. The molecule has 0 unspecified atom stereocenters. The maximum atomic E-state index is 12.3. The predicted octanol–water partition coefficient (Wildman–Crippen LogP) is 2.25. The van der Waals surface area contributed by atoms with Crippen molar-refractivity contribution in [3.8, 4) is 0 Å². The van der Waals surface area contributed by atoms with E-state index in [9.17, 15) is 13.5 Å². The summed E-state index contributed by atoms with van der Waals surface area (Å²) in [6.45, 7) is 2.19. The highest BCUT2D eigenvalue weighted by Crippen LogP contribution is 2.31. The van der Waals surface area contributed by atoms with Gasteiger partial charge >= 0.3 is 0 Å². The number of nitrogen functional groups attached to an aromatic ring is 1. The number of anilines is 1. The van der Waals surface area contributed by atoms with Crippen LogP contribution in [0.25, 0.3) is 0 Å². The van der Waals surface area contributed by atoms with Gasteiger partial charge < -0.3 is 10.8 Å². The van der Waals surface area contributed by atoms with E-state index in [1.54, 1.807) is 0 Å². The van der Waals surface area contributed by atoms with E-state index in [4.69, 9.17) is 5.73 Å². The lowest BCUT2D eigenvalue weighted by Gasteiger charge is -2.34. The van der Waals surface area contributed by atoms with Crippen LogP contribution in [-0.2, 0) is 10.0 Å². The Kier molecular flexibility index (Phi) is 4.97. The minimum absolute atomic E-state index is 0.0457. The fraction of sp³-hybridized carbons (Fsp3) is 0.571. The number of hydrogen-bond donors (Lipinski definition) is 3. The van der Waals surface area contributed by atoms with Crippen molar-refractivity contribution in [1.29, 1.82) is 0 Å². The van der Waals surface area contributed by atoms with Crippen LogP contribution in [0, 0.1) is 5.92 Å². The summed E-state index contributed by atoms with van der Waals surface area (Å²) in [5.74, 6) is 0.593. The van der Waals surface area contributed by atoms with E-state index in [1.807, 2.05) is 0 Å². The third kappa shape index (κ3) is 4.18. The van der Waals surface area contributed by atoms with Gasteiger partial charge in [0.1, 0.15) is 0 Å². The highest BCUT2D eigenvalue weighted by molar-refractivity contribution is 9.10. The number of benzene rings is 1. The van der Waals surface area contributed by atoms with Crippen molar-refractivity contribution in [3.63, 3.8) is 0 Å². The molecule has 118 valence electrons. The van der Waals surface area contributed by atoms with E-state index in [2.05, 4.69) is 27.6 Å². The average Bonchev–Trinajstić information content (AvgIpc) is 2.43. The van der Waals surface area contributed by atoms with Crippen LogP contribution in [0.1, 0.15) is 32.6 Å². The van der Waals surface area contributed by atoms with E-state index in [0.717, 1.165) is 12.8 Å². The third-order valence-corrected chi connectivity index (χ3v) is 6.16. The number of hydrogen-bond acceptors (Lipinski definition) is 4. The van der Waals surface area contributed by atoms with Gasteiger partial charge in [-0.3, -0.25) is 0 Å². The van der Waals surface area contributed by atoms with E-state index in [-0.39, 0.29) is 11.4 Å². The summed E-state index contributed by atoms with van der Waals surface area (Å²) in [5.41, 5.74) is 5.20. The normalized spacial score (nSPS) is 26.7. The summed E-state index contributed by atoms with van der Waals surface area (Å²) in [6.07, 6.45) is 3.10. The van der Waals surface area contributed by atoms with Gasteiger partial charge in [-0.2, -0.15) is 0 Å². The van der Waals surface area contributed by atoms with E-state index in [1.165, 1.54) is 18.2 Å². The molecule has 1 aromatic carbocycles. The Labute approximate surface area is 134 Å². The Hall–Kier alpha value is -0.630. The zero-order chi connectivity index (χ0) is 15.7. The summed E-state index contributed by atoms with van der Waals surface area (Å²) in [4.78, 5) is 0.136. The molecule has 0 spiro atoms. The van der Waals surface area contributed by atoms with Crippen molar-refractivity contribution in [3.05, 3.63) is 22.7 Å². The van der Waals surface area contributed by atoms with Gasteiger partial charge in [-0.05, 0) is 65.7 Å². The molecule has 1 aliphatic rings. The van der Waals surface area contributed by atoms with Crippen LogP contribution < -0.4 is 10.5 Å². The fourth-order valence-corrected chi connectivity index (χ4v) is 4.14. The first-order valence-corrected chi connectivity index (χ1v) is 9.27. The molecular weight excluding hydrogens is 356 g/mol. The number of halogens is 1. The monoisotopic (exact) mass is 376 g/mol. The van der Waals surface area contributed by atoms with Crippen molar-refractivity contribution >= 4 is 31.6 Å². The van der Waals surface area contributed by atoms with E-state index < -0.39 is 15.6 Å². The Morgan fingerprint density at radius 1 is 1.43 bits per heavy atom. The lowest BCUT2D eigenvalue weighted by Crippen LogP contribution is -2.45. The maximum Gasteiger partial charge on any atom is 0.240 e. The van der Waals surface area contributed by atoms with Gasteiger partial charge in [0.2, 0.25) is 10.0 Å². The molecule has 21 heavy (non-hydrogen) atoms. The molecule has 0 amide bonds. The second-order valence-electron chi connectivity index (χ2n) is 5.91. The molecule has 5 nitrogen and oxygen atoms in total. The topological polar surface area (TPSA) is 92.4 Å². The highest BCUT2D eigenvalue weighted by atomic mass is 79.9. The van der Waals surface area contributed by atoms with Crippen LogP contribution in [0.15, 0.2) is 27.6 Å². The second-order valence-corrected chi connectivity index (χ2v) is 8.54. The van der Waals surface area contributed by atoms with Crippen molar-refractivity contribution in [2.75, 3.05) is 12.3 Å². The molecule has 0 aromatic heterocycles. The standard InChI is InChI=1S/C14H21BrN2O3S/c1-10-4-6-14(18,7-5-10)9-17-21(19,20)11-2-3-13(16)12(15)8-11/h2-3,8,10,17-18H,4-7,9,16H2,1H3. The quantitative estimate of drug-likeness (QED) is 0.702. The first kappa shape index (κ1) is 16.7. The molecule has 7 heteroatoms. The van der Waals surface area contributed by atoms with Gasteiger partial charge in [0.05, 0.1) is 10.5 Å².